The van der Waals surface area contributed by atoms with E-state index in [0.29, 0.717) is 22.4 Å². The predicted molar refractivity (Wildman–Crippen MR) is 115 cm³/mol. The Kier molecular flexibility index (Phi) is 4.74. The van der Waals surface area contributed by atoms with Gasteiger partial charge in [0.2, 0.25) is 0 Å². The molecule has 0 saturated carbocycles. The lowest BCUT2D eigenvalue weighted by Gasteiger charge is -2.17. The number of fused-ring (bicyclic) bond motifs is 1. The van der Waals surface area contributed by atoms with Crippen LogP contribution in [0.5, 0.6) is 0 Å². The summed E-state index contributed by atoms with van der Waals surface area (Å²) in [5.74, 6) is -1.72. The van der Waals surface area contributed by atoms with Crippen LogP contribution in [-0.4, -0.2) is 60.9 Å². The van der Waals surface area contributed by atoms with Crippen molar-refractivity contribution in [3.63, 3.8) is 0 Å². The second-order valence-electron chi connectivity index (χ2n) is 7.21. The van der Waals surface area contributed by atoms with E-state index in [-0.39, 0.29) is 23.8 Å². The lowest BCUT2D eigenvalue weighted by atomic mass is 9.64. The van der Waals surface area contributed by atoms with Gasteiger partial charge in [-0.15, -0.1) is 10.6 Å². The first-order chi connectivity index (χ1) is 14.1. The number of nitrogens with one attached hydrogen (secondary N) is 1. The van der Waals surface area contributed by atoms with Gasteiger partial charge < -0.3 is 4.40 Å². The van der Waals surface area contributed by atoms with Crippen molar-refractivity contribution in [1.29, 1.82) is 0 Å². The maximum absolute atomic E-state index is 15.1. The van der Waals surface area contributed by atoms with E-state index in [0.717, 1.165) is 16.4 Å². The van der Waals surface area contributed by atoms with Crippen molar-refractivity contribution in [3.05, 3.63) is 41.5 Å². The van der Waals surface area contributed by atoms with E-state index in [1.54, 1.807) is 24.6 Å². The fraction of sp³-hybridized carbons (Fsp3) is 0.125. The lowest BCUT2D eigenvalue weighted by molar-refractivity contribution is -0.144. The third kappa shape index (κ3) is 3.29. The van der Waals surface area contributed by atoms with Crippen molar-refractivity contribution in [2.45, 2.75) is 12.6 Å². The lowest BCUT2D eigenvalue weighted by Crippen LogP contribution is -2.50. The zero-order chi connectivity index (χ0) is 21.8. The van der Waals surface area contributed by atoms with E-state index in [1.807, 2.05) is 23.5 Å². The molecule has 4 aromatic rings. The molecule has 14 heteroatoms. The number of rotatable bonds is 3. The van der Waals surface area contributed by atoms with Crippen LogP contribution in [-0.2, 0) is 12.6 Å². The summed E-state index contributed by atoms with van der Waals surface area (Å²) < 4.78 is 55.3. The normalized spacial score (nSPS) is 12.0. The Morgan fingerprint density at radius 1 is 1.00 bits per heavy atom. The number of aromatic nitrogens is 6. The van der Waals surface area contributed by atoms with Crippen LogP contribution < -0.4 is 21.9 Å². The quantitative estimate of drug-likeness (QED) is 0.279. The summed E-state index contributed by atoms with van der Waals surface area (Å²) in [6.45, 7) is 0. The molecule has 1 aromatic carbocycles. The largest absolute Gasteiger partial charge is 0.453 e. The van der Waals surface area contributed by atoms with Gasteiger partial charge in [-0.25, -0.2) is 19.3 Å². The summed E-state index contributed by atoms with van der Waals surface area (Å²) in [5, 5.41) is 5.49. The topological polar surface area (TPSA) is 71.8 Å². The number of benzene rings is 1. The number of H-pyrrole nitrogens is 1. The van der Waals surface area contributed by atoms with Crippen LogP contribution in [0.15, 0.2) is 18.6 Å². The molecule has 0 fully saturated rings. The molecule has 148 valence electrons. The SMILES string of the molecule is Bc1c(B)c(B)c(Cc2nc(-c3nc(C(F)(F)F)n[nH]3)cn3ccnc23)c(F)c1B. The highest BCUT2D eigenvalue weighted by Gasteiger charge is 2.36. The molecule has 0 amide bonds. The van der Waals surface area contributed by atoms with Crippen LogP contribution in [0.2, 0.25) is 0 Å². The molecule has 0 radical (unpaired) electrons. The van der Waals surface area contributed by atoms with Crippen LogP contribution in [0.4, 0.5) is 17.6 Å². The Labute approximate surface area is 172 Å². The van der Waals surface area contributed by atoms with Crippen LogP contribution in [0, 0.1) is 5.82 Å². The van der Waals surface area contributed by atoms with Crippen molar-refractivity contribution in [2.75, 3.05) is 0 Å². The zero-order valence-corrected chi connectivity index (χ0v) is 16.7. The van der Waals surface area contributed by atoms with Crippen LogP contribution in [0.1, 0.15) is 17.1 Å². The van der Waals surface area contributed by atoms with Gasteiger partial charge in [0.25, 0.3) is 5.82 Å². The Morgan fingerprint density at radius 3 is 2.37 bits per heavy atom. The Balaban J connectivity index is 1.85. The number of hydrogen-bond acceptors (Lipinski definition) is 4. The first-order valence-corrected chi connectivity index (χ1v) is 9.15. The molecule has 3 aromatic heterocycles. The van der Waals surface area contributed by atoms with Crippen molar-refractivity contribution >= 4 is 58.9 Å². The fourth-order valence-corrected chi connectivity index (χ4v) is 3.45. The molecule has 30 heavy (non-hydrogen) atoms. The highest BCUT2D eigenvalue weighted by molar-refractivity contribution is 6.62. The summed E-state index contributed by atoms with van der Waals surface area (Å²) in [4.78, 5) is 12.2. The van der Waals surface area contributed by atoms with E-state index in [9.17, 15) is 13.2 Å². The van der Waals surface area contributed by atoms with E-state index < -0.39 is 12.0 Å². The molecule has 6 nitrogen and oxygen atoms in total. The minimum Gasteiger partial charge on any atom is -0.303 e. The van der Waals surface area contributed by atoms with Crippen LogP contribution in [0.3, 0.4) is 0 Å². The zero-order valence-electron chi connectivity index (χ0n) is 16.7. The van der Waals surface area contributed by atoms with Gasteiger partial charge >= 0.3 is 6.18 Å². The minimum absolute atomic E-state index is 0.132. The Bertz CT molecular complexity index is 1250. The molecule has 0 unspecified atom stereocenters. The van der Waals surface area contributed by atoms with E-state index in [4.69, 9.17) is 0 Å². The number of imidazole rings is 1. The van der Waals surface area contributed by atoms with Gasteiger partial charge in [0.15, 0.2) is 11.5 Å². The van der Waals surface area contributed by atoms with Gasteiger partial charge in [-0.3, -0.25) is 5.10 Å². The Hall–Kier alpha value is -3.04. The third-order valence-corrected chi connectivity index (χ3v) is 5.50. The molecule has 1 N–H and O–H groups in total. The molecular weight excluding hydrogens is 395 g/mol. The number of alkyl halides is 3. The maximum atomic E-state index is 15.1. The number of halogens is 4. The molecular formula is C16H14B4F4N6. The first-order valence-electron chi connectivity index (χ1n) is 9.15. The molecule has 3 heterocycles. The molecule has 4 rings (SSSR count). The smallest absolute Gasteiger partial charge is 0.303 e. The fourth-order valence-electron chi connectivity index (χ4n) is 3.45. The van der Waals surface area contributed by atoms with Crippen LogP contribution >= 0.6 is 0 Å². The molecule has 0 atom stereocenters. The van der Waals surface area contributed by atoms with Gasteiger partial charge in [0, 0.05) is 25.0 Å². The second-order valence-corrected chi connectivity index (χ2v) is 7.21. The third-order valence-electron chi connectivity index (χ3n) is 5.50. The van der Waals surface area contributed by atoms with E-state index in [2.05, 4.69) is 25.1 Å². The number of nitrogens with zero attached hydrogens (tertiary/aromatic N) is 5. The average molecular weight is 410 g/mol. The molecule has 0 aliphatic rings. The van der Waals surface area contributed by atoms with Crippen molar-refractivity contribution in [1.82, 2.24) is 29.5 Å². The summed E-state index contributed by atoms with van der Waals surface area (Å²) in [6.07, 6.45) is 0.143. The van der Waals surface area contributed by atoms with Gasteiger partial charge in [0.1, 0.15) is 42.9 Å². The molecule has 0 aliphatic heterocycles. The van der Waals surface area contributed by atoms with E-state index >= 15 is 4.39 Å². The summed E-state index contributed by atoms with van der Waals surface area (Å²) in [7, 11) is 7.38. The monoisotopic (exact) mass is 410 g/mol. The molecule has 0 aliphatic carbocycles. The first kappa shape index (κ1) is 20.2. The highest BCUT2D eigenvalue weighted by atomic mass is 19.4. The summed E-state index contributed by atoms with van der Waals surface area (Å²) >= 11 is 0. The second kappa shape index (κ2) is 7.03. The van der Waals surface area contributed by atoms with Gasteiger partial charge in [-0.1, -0.05) is 16.4 Å². The van der Waals surface area contributed by atoms with Gasteiger partial charge in [-0.05, 0) is 5.56 Å². The number of aromatic amines is 1. The highest BCUT2D eigenvalue weighted by Crippen LogP contribution is 2.27. The maximum Gasteiger partial charge on any atom is 0.453 e. The van der Waals surface area contributed by atoms with Crippen molar-refractivity contribution in [3.8, 4) is 11.5 Å². The summed E-state index contributed by atoms with van der Waals surface area (Å²) in [6, 6.07) is 0. The molecule has 0 spiro atoms. The Morgan fingerprint density at radius 2 is 1.70 bits per heavy atom. The number of hydrogen-bond donors (Lipinski definition) is 1. The standard InChI is InChI=1S/C16H14B4F4N6/c17-8-5(12(21)11(20)10(19)9(8)18)3-6-14-25-1-2-30(14)4-7(26-6)13-27-15(29-28-13)16(22,23)24/h1-2,4H,3,17-20H2,(H,27,28,29). The van der Waals surface area contributed by atoms with Crippen LogP contribution in [0.25, 0.3) is 17.2 Å². The summed E-state index contributed by atoms with van der Waals surface area (Å²) in [5.41, 5.74) is 4.80. The average Bonchev–Trinajstić information content (AvgIpc) is 3.37. The van der Waals surface area contributed by atoms with Crippen molar-refractivity contribution in [2.24, 2.45) is 0 Å². The van der Waals surface area contributed by atoms with Gasteiger partial charge in [0.05, 0.1) is 5.69 Å². The molecule has 0 bridgehead atoms. The van der Waals surface area contributed by atoms with Gasteiger partial charge in [-0.2, -0.15) is 13.2 Å². The molecule has 0 saturated heterocycles. The van der Waals surface area contributed by atoms with E-state index in [1.165, 1.54) is 6.20 Å². The predicted octanol–water partition coefficient (Wildman–Crippen LogP) is -3.70. The minimum atomic E-state index is -4.67. The van der Waals surface area contributed by atoms with Crippen molar-refractivity contribution < 1.29 is 17.6 Å².